The predicted octanol–water partition coefficient (Wildman–Crippen LogP) is 2.27. The normalized spacial score (nSPS) is 10.9. The molecule has 1 aromatic carbocycles. The first-order chi connectivity index (χ1) is 9.60. The number of hydrogen-bond acceptors (Lipinski definition) is 5. The van der Waals surface area contributed by atoms with Gasteiger partial charge in [0.15, 0.2) is 5.65 Å². The van der Waals surface area contributed by atoms with Gasteiger partial charge in [-0.15, -0.1) is 0 Å². The van der Waals surface area contributed by atoms with Gasteiger partial charge < -0.3 is 10.5 Å². The summed E-state index contributed by atoms with van der Waals surface area (Å²) in [5.74, 6) is 0.865. The van der Waals surface area contributed by atoms with Crippen LogP contribution >= 0.6 is 11.6 Å². The molecule has 6 nitrogen and oxygen atoms in total. The van der Waals surface area contributed by atoms with E-state index in [0.29, 0.717) is 16.4 Å². The third-order valence-corrected chi connectivity index (χ3v) is 3.25. The highest BCUT2D eigenvalue weighted by molar-refractivity contribution is 6.30. The monoisotopic (exact) mass is 289 g/mol. The van der Waals surface area contributed by atoms with Crippen molar-refractivity contribution in [1.82, 2.24) is 19.7 Å². The third-order valence-electron chi connectivity index (χ3n) is 3.02. The van der Waals surface area contributed by atoms with Crippen molar-refractivity contribution in [3.63, 3.8) is 0 Å². The summed E-state index contributed by atoms with van der Waals surface area (Å²) in [6.45, 7) is 0. The summed E-state index contributed by atoms with van der Waals surface area (Å²) < 4.78 is 7.03. The minimum atomic E-state index is 0.218. The number of anilines is 1. The number of benzene rings is 1. The van der Waals surface area contributed by atoms with Crippen LogP contribution < -0.4 is 10.5 Å². The van der Waals surface area contributed by atoms with Crippen molar-refractivity contribution in [3.8, 4) is 17.0 Å². The number of nitrogens with two attached hydrogens (primary N) is 1. The number of hydrogen-bond donors (Lipinski definition) is 1. The van der Waals surface area contributed by atoms with Crippen LogP contribution in [0.25, 0.3) is 22.3 Å². The van der Waals surface area contributed by atoms with E-state index in [9.17, 15) is 0 Å². The van der Waals surface area contributed by atoms with Gasteiger partial charge in [-0.05, 0) is 18.2 Å². The fourth-order valence-electron chi connectivity index (χ4n) is 2.11. The number of rotatable bonds is 2. The number of aryl methyl sites for hydroxylation is 1. The molecule has 0 unspecified atom stereocenters. The van der Waals surface area contributed by atoms with Crippen LogP contribution in [0.1, 0.15) is 0 Å². The second-order valence-electron chi connectivity index (χ2n) is 4.28. The lowest BCUT2D eigenvalue weighted by Crippen LogP contribution is -1.97. The van der Waals surface area contributed by atoms with E-state index in [2.05, 4.69) is 15.1 Å². The van der Waals surface area contributed by atoms with Gasteiger partial charge in [0, 0.05) is 23.8 Å². The zero-order chi connectivity index (χ0) is 14.3. The molecule has 0 aliphatic rings. The standard InChI is InChI=1S/C13H12ClN5O/c1-19-12-9(6-16-13(15)17-12)11(18-19)8-4-3-7(14)5-10(8)20-2/h3-6H,1-2H3,(H2,15,16,17). The van der Waals surface area contributed by atoms with Crippen molar-refractivity contribution >= 4 is 28.6 Å². The van der Waals surface area contributed by atoms with Crippen molar-refractivity contribution in [2.75, 3.05) is 12.8 Å². The summed E-state index contributed by atoms with van der Waals surface area (Å²) in [5, 5.41) is 5.89. The first-order valence-corrected chi connectivity index (χ1v) is 6.27. The van der Waals surface area contributed by atoms with E-state index in [1.54, 1.807) is 37.2 Å². The highest BCUT2D eigenvalue weighted by Gasteiger charge is 2.16. The molecule has 0 saturated heterocycles. The van der Waals surface area contributed by atoms with Crippen molar-refractivity contribution in [2.45, 2.75) is 0 Å². The van der Waals surface area contributed by atoms with Gasteiger partial charge in [-0.1, -0.05) is 11.6 Å². The zero-order valence-corrected chi connectivity index (χ0v) is 11.7. The summed E-state index contributed by atoms with van der Waals surface area (Å²) >= 11 is 5.98. The molecule has 0 fully saturated rings. The Bertz CT molecular complexity index is 799. The van der Waals surface area contributed by atoms with Gasteiger partial charge >= 0.3 is 0 Å². The Balaban J connectivity index is 2.30. The Hall–Kier alpha value is -2.34. The van der Waals surface area contributed by atoms with Gasteiger partial charge in [-0.2, -0.15) is 10.1 Å². The maximum Gasteiger partial charge on any atom is 0.222 e. The van der Waals surface area contributed by atoms with Crippen LogP contribution in [0.2, 0.25) is 5.02 Å². The Morgan fingerprint density at radius 1 is 1.35 bits per heavy atom. The first kappa shape index (κ1) is 12.7. The molecule has 0 bridgehead atoms. The van der Waals surface area contributed by atoms with Crippen LogP contribution in [0.3, 0.4) is 0 Å². The number of nitrogens with zero attached hydrogens (tertiary/aromatic N) is 4. The second-order valence-corrected chi connectivity index (χ2v) is 4.72. The topological polar surface area (TPSA) is 78.8 Å². The van der Waals surface area contributed by atoms with Gasteiger partial charge in [-0.25, -0.2) is 9.67 Å². The quantitative estimate of drug-likeness (QED) is 0.783. The van der Waals surface area contributed by atoms with E-state index in [1.807, 2.05) is 6.07 Å². The number of nitrogen functional groups attached to an aromatic ring is 1. The summed E-state index contributed by atoms with van der Waals surface area (Å²) in [7, 11) is 3.40. The SMILES string of the molecule is COc1cc(Cl)ccc1-c1nn(C)c2nc(N)ncc12. The molecule has 0 amide bonds. The maximum atomic E-state index is 5.98. The Morgan fingerprint density at radius 3 is 2.90 bits per heavy atom. The summed E-state index contributed by atoms with van der Waals surface area (Å²) in [6.07, 6.45) is 1.66. The predicted molar refractivity (Wildman–Crippen MR) is 77.7 cm³/mol. The highest BCUT2D eigenvalue weighted by atomic mass is 35.5. The van der Waals surface area contributed by atoms with Crippen LogP contribution in [-0.4, -0.2) is 26.9 Å². The molecule has 102 valence electrons. The molecule has 2 N–H and O–H groups in total. The van der Waals surface area contributed by atoms with Gasteiger partial charge in [0.05, 0.1) is 12.5 Å². The van der Waals surface area contributed by atoms with Gasteiger partial charge in [0.2, 0.25) is 5.95 Å². The average molecular weight is 290 g/mol. The number of methoxy groups -OCH3 is 1. The lowest BCUT2D eigenvalue weighted by atomic mass is 10.1. The van der Waals surface area contributed by atoms with Gasteiger partial charge in [0.25, 0.3) is 0 Å². The molecule has 2 heterocycles. The maximum absolute atomic E-state index is 5.98. The van der Waals surface area contributed by atoms with E-state index >= 15 is 0 Å². The van der Waals surface area contributed by atoms with Crippen LogP contribution in [0.15, 0.2) is 24.4 Å². The van der Waals surface area contributed by atoms with E-state index in [1.165, 1.54) is 0 Å². The summed E-state index contributed by atoms with van der Waals surface area (Å²) in [5.41, 5.74) is 7.84. The fourth-order valence-corrected chi connectivity index (χ4v) is 2.27. The number of fused-ring (bicyclic) bond motifs is 1. The van der Waals surface area contributed by atoms with E-state index in [0.717, 1.165) is 16.6 Å². The molecule has 20 heavy (non-hydrogen) atoms. The number of halogens is 1. The van der Waals surface area contributed by atoms with E-state index in [4.69, 9.17) is 22.1 Å². The van der Waals surface area contributed by atoms with Crippen molar-refractivity contribution < 1.29 is 4.74 Å². The Morgan fingerprint density at radius 2 is 2.15 bits per heavy atom. The number of ether oxygens (including phenoxy) is 1. The molecule has 3 aromatic rings. The Labute approximate surface area is 120 Å². The largest absolute Gasteiger partial charge is 0.496 e. The lowest BCUT2D eigenvalue weighted by Gasteiger charge is -2.06. The number of aromatic nitrogens is 4. The van der Waals surface area contributed by atoms with Crippen molar-refractivity contribution in [1.29, 1.82) is 0 Å². The molecule has 0 spiro atoms. The zero-order valence-electron chi connectivity index (χ0n) is 11.0. The molecular formula is C13H12ClN5O. The molecule has 0 aliphatic heterocycles. The smallest absolute Gasteiger partial charge is 0.222 e. The highest BCUT2D eigenvalue weighted by Crippen LogP contribution is 2.35. The first-order valence-electron chi connectivity index (χ1n) is 5.89. The molecule has 0 atom stereocenters. The van der Waals surface area contributed by atoms with Crippen molar-refractivity contribution in [2.24, 2.45) is 7.05 Å². The third kappa shape index (κ3) is 1.94. The van der Waals surface area contributed by atoms with Crippen LogP contribution in [-0.2, 0) is 7.05 Å². The van der Waals surface area contributed by atoms with Gasteiger partial charge in [-0.3, -0.25) is 0 Å². The summed E-state index contributed by atoms with van der Waals surface area (Å²) in [6, 6.07) is 5.40. The molecule has 2 aromatic heterocycles. The van der Waals surface area contributed by atoms with E-state index < -0.39 is 0 Å². The fraction of sp³-hybridized carbons (Fsp3) is 0.154. The lowest BCUT2D eigenvalue weighted by molar-refractivity contribution is 0.416. The molecule has 3 rings (SSSR count). The minimum absolute atomic E-state index is 0.218. The molecule has 0 saturated carbocycles. The van der Waals surface area contributed by atoms with Crippen LogP contribution in [0, 0.1) is 0 Å². The van der Waals surface area contributed by atoms with Crippen molar-refractivity contribution in [3.05, 3.63) is 29.4 Å². The Kier molecular flexibility index (Phi) is 2.94. The molecular weight excluding hydrogens is 278 g/mol. The van der Waals surface area contributed by atoms with E-state index in [-0.39, 0.29) is 5.95 Å². The minimum Gasteiger partial charge on any atom is -0.496 e. The molecule has 0 aliphatic carbocycles. The molecule has 7 heteroatoms. The summed E-state index contributed by atoms with van der Waals surface area (Å²) in [4.78, 5) is 8.22. The van der Waals surface area contributed by atoms with Crippen LogP contribution in [0.5, 0.6) is 5.75 Å². The molecule has 0 radical (unpaired) electrons. The van der Waals surface area contributed by atoms with Gasteiger partial charge in [0.1, 0.15) is 11.4 Å². The average Bonchev–Trinajstić information content (AvgIpc) is 2.75. The second kappa shape index (κ2) is 4.64. The van der Waals surface area contributed by atoms with Crippen LogP contribution in [0.4, 0.5) is 5.95 Å².